The molecule has 4 rings (SSSR count). The highest BCUT2D eigenvalue weighted by molar-refractivity contribution is 8.00. The zero-order valence-corrected chi connectivity index (χ0v) is 19.8. The first-order valence-electron chi connectivity index (χ1n) is 9.65. The van der Waals surface area contributed by atoms with Crippen LogP contribution in [0.3, 0.4) is 0 Å². The molecule has 0 aliphatic rings. The number of carbonyl (C=O) groups is 2. The molecule has 12 nitrogen and oxygen atoms in total. The number of nitrogens with zero attached hydrogens (tertiary/aromatic N) is 8. The molecule has 0 aliphatic carbocycles. The molecule has 0 saturated carbocycles. The second kappa shape index (κ2) is 11.9. The molecule has 0 spiro atoms. The van der Waals surface area contributed by atoms with E-state index in [1.54, 1.807) is 48.0 Å². The minimum Gasteiger partial charge on any atom is -0.481 e. The van der Waals surface area contributed by atoms with Gasteiger partial charge in [-0.25, -0.2) is 0 Å². The lowest BCUT2D eigenvalue weighted by atomic mass is 10.3. The Labute approximate surface area is 202 Å². The summed E-state index contributed by atoms with van der Waals surface area (Å²) in [5, 5.41) is 34.3. The molecule has 0 amide bonds. The Hall–Kier alpha value is -3.78. The molecule has 176 valence electrons. The van der Waals surface area contributed by atoms with Crippen LogP contribution >= 0.6 is 23.5 Å². The molecule has 4 aromatic heterocycles. The van der Waals surface area contributed by atoms with Gasteiger partial charge < -0.3 is 19.3 Å². The number of carboxylic acids is 2. The van der Waals surface area contributed by atoms with Crippen LogP contribution in [-0.4, -0.2) is 73.2 Å². The number of aromatic nitrogens is 8. The van der Waals surface area contributed by atoms with Crippen molar-refractivity contribution in [1.82, 2.24) is 39.5 Å². The molecule has 0 aromatic carbocycles. The molecule has 0 atom stereocenters. The molecular weight excluding hydrogens is 480 g/mol. The van der Waals surface area contributed by atoms with Crippen LogP contribution in [-0.2, 0) is 23.7 Å². The predicted octanol–water partition coefficient (Wildman–Crippen LogP) is 2.11. The van der Waals surface area contributed by atoms with Gasteiger partial charge in [0.25, 0.3) is 0 Å². The molecule has 0 aliphatic heterocycles. The van der Waals surface area contributed by atoms with Crippen LogP contribution in [0.1, 0.15) is 0 Å². The summed E-state index contributed by atoms with van der Waals surface area (Å²) in [6.45, 7) is 0. The van der Waals surface area contributed by atoms with Gasteiger partial charge in [0.05, 0.1) is 11.5 Å². The first-order valence-corrected chi connectivity index (χ1v) is 11.6. The van der Waals surface area contributed by atoms with Gasteiger partial charge >= 0.3 is 11.9 Å². The predicted molar refractivity (Wildman–Crippen MR) is 125 cm³/mol. The van der Waals surface area contributed by atoms with Crippen molar-refractivity contribution in [2.45, 2.75) is 10.3 Å². The fourth-order valence-electron chi connectivity index (χ4n) is 2.63. The number of hydrogen-bond donors (Lipinski definition) is 2. The van der Waals surface area contributed by atoms with Crippen LogP contribution in [0.2, 0.25) is 0 Å². The van der Waals surface area contributed by atoms with Gasteiger partial charge in [-0.2, -0.15) is 0 Å². The lowest BCUT2D eigenvalue weighted by molar-refractivity contribution is -0.134. The third kappa shape index (κ3) is 6.62. The van der Waals surface area contributed by atoms with Crippen LogP contribution in [0, 0.1) is 0 Å². The van der Waals surface area contributed by atoms with Gasteiger partial charge in [-0.05, 0) is 24.3 Å². The molecule has 4 aromatic rings. The van der Waals surface area contributed by atoms with E-state index in [1.807, 2.05) is 24.3 Å². The van der Waals surface area contributed by atoms with E-state index in [1.165, 1.54) is 0 Å². The fourth-order valence-corrected chi connectivity index (χ4v) is 3.89. The third-order valence-electron chi connectivity index (χ3n) is 4.16. The first kappa shape index (κ1) is 24.9. The zero-order chi connectivity index (χ0) is 24.5. The largest absolute Gasteiger partial charge is 0.481 e. The summed E-state index contributed by atoms with van der Waals surface area (Å²) in [7, 11) is 3.60. The third-order valence-corrected chi connectivity index (χ3v) is 6.17. The lowest BCUT2D eigenvalue weighted by Gasteiger charge is -2.01. The lowest BCUT2D eigenvalue weighted by Crippen LogP contribution is -2.01. The number of aliphatic carboxylic acids is 2. The van der Waals surface area contributed by atoms with E-state index in [-0.39, 0.29) is 11.5 Å². The molecule has 0 saturated heterocycles. The molecular formula is C20H20N8O4S2. The van der Waals surface area contributed by atoms with E-state index >= 15 is 0 Å². The number of hydrogen-bond acceptors (Lipinski definition) is 10. The van der Waals surface area contributed by atoms with Crippen molar-refractivity contribution in [1.29, 1.82) is 0 Å². The number of pyridine rings is 2. The highest BCUT2D eigenvalue weighted by Crippen LogP contribution is 2.22. The van der Waals surface area contributed by atoms with Gasteiger partial charge in [0.15, 0.2) is 22.0 Å². The maximum absolute atomic E-state index is 10.5. The monoisotopic (exact) mass is 500 g/mol. The molecule has 0 fully saturated rings. The Balaban J connectivity index is 0.000000191. The van der Waals surface area contributed by atoms with Crippen molar-refractivity contribution >= 4 is 35.5 Å². The minimum absolute atomic E-state index is 0.0288. The molecule has 2 N–H and O–H groups in total. The Kier molecular flexibility index (Phi) is 8.70. The van der Waals surface area contributed by atoms with E-state index in [2.05, 4.69) is 30.4 Å². The average Bonchev–Trinajstić information content (AvgIpc) is 3.39. The van der Waals surface area contributed by atoms with Crippen molar-refractivity contribution in [2.24, 2.45) is 14.1 Å². The van der Waals surface area contributed by atoms with Crippen molar-refractivity contribution in [3.05, 3.63) is 49.1 Å². The van der Waals surface area contributed by atoms with Crippen LogP contribution in [0.25, 0.3) is 22.8 Å². The molecule has 4 heterocycles. The maximum atomic E-state index is 10.5. The van der Waals surface area contributed by atoms with Gasteiger partial charge in [0.1, 0.15) is 0 Å². The summed E-state index contributed by atoms with van der Waals surface area (Å²) < 4.78 is 3.51. The summed E-state index contributed by atoms with van der Waals surface area (Å²) in [4.78, 5) is 29.0. The van der Waals surface area contributed by atoms with Gasteiger partial charge in [0, 0.05) is 50.0 Å². The van der Waals surface area contributed by atoms with Crippen molar-refractivity contribution in [3.63, 3.8) is 0 Å². The molecule has 14 heteroatoms. The number of thioether (sulfide) groups is 2. The van der Waals surface area contributed by atoms with Crippen LogP contribution in [0.4, 0.5) is 0 Å². The second-order valence-corrected chi connectivity index (χ2v) is 8.46. The van der Waals surface area contributed by atoms with E-state index in [4.69, 9.17) is 10.2 Å². The molecule has 0 radical (unpaired) electrons. The van der Waals surface area contributed by atoms with Crippen molar-refractivity contribution in [3.8, 4) is 22.8 Å². The van der Waals surface area contributed by atoms with E-state index < -0.39 is 11.9 Å². The number of carboxylic acid groups (broad SMARTS) is 2. The van der Waals surface area contributed by atoms with Gasteiger partial charge in [-0.15, -0.1) is 20.4 Å². The fraction of sp³-hybridized carbons (Fsp3) is 0.200. The van der Waals surface area contributed by atoms with Crippen molar-refractivity contribution < 1.29 is 19.8 Å². The Morgan fingerprint density at radius 2 is 1.18 bits per heavy atom. The summed E-state index contributed by atoms with van der Waals surface area (Å²) in [6, 6.07) is 7.38. The quantitative estimate of drug-likeness (QED) is 0.339. The van der Waals surface area contributed by atoms with E-state index in [9.17, 15) is 9.59 Å². The smallest absolute Gasteiger partial charge is 0.313 e. The minimum atomic E-state index is -0.874. The SMILES string of the molecule is Cn1c(SCC(=O)O)nnc1-c1cccnc1.Cn1c(SCC(=O)O)nnc1-c1cccnc1. The summed E-state index contributed by atoms with van der Waals surface area (Å²) in [5.74, 6) is -0.461. The Morgan fingerprint density at radius 1 is 0.765 bits per heavy atom. The molecule has 34 heavy (non-hydrogen) atoms. The van der Waals surface area contributed by atoms with Crippen LogP contribution < -0.4 is 0 Å². The second-order valence-electron chi connectivity index (χ2n) is 6.58. The highest BCUT2D eigenvalue weighted by Gasteiger charge is 2.13. The topological polar surface area (TPSA) is 162 Å². The average molecular weight is 501 g/mol. The van der Waals surface area contributed by atoms with E-state index in [0.29, 0.717) is 22.0 Å². The van der Waals surface area contributed by atoms with Crippen LogP contribution in [0.15, 0.2) is 59.4 Å². The summed E-state index contributed by atoms with van der Waals surface area (Å²) in [6.07, 6.45) is 6.74. The molecule has 0 unspecified atom stereocenters. The standard InChI is InChI=1S/2C10H10N4O2S/c2*1-14-9(7-3-2-4-11-5-7)12-13-10(14)17-6-8(15)16/h2*2-5H,6H2,1H3,(H,15,16). The number of rotatable bonds is 8. The van der Waals surface area contributed by atoms with Gasteiger partial charge in [0.2, 0.25) is 0 Å². The normalized spacial score (nSPS) is 10.4. The van der Waals surface area contributed by atoms with Crippen LogP contribution in [0.5, 0.6) is 0 Å². The highest BCUT2D eigenvalue weighted by atomic mass is 32.2. The van der Waals surface area contributed by atoms with Crippen molar-refractivity contribution in [2.75, 3.05) is 11.5 Å². The Morgan fingerprint density at radius 3 is 1.50 bits per heavy atom. The van der Waals surface area contributed by atoms with Gasteiger partial charge in [-0.1, -0.05) is 23.5 Å². The Bertz CT molecular complexity index is 1150. The summed E-state index contributed by atoms with van der Waals surface area (Å²) >= 11 is 2.28. The zero-order valence-electron chi connectivity index (χ0n) is 18.1. The maximum Gasteiger partial charge on any atom is 0.313 e. The summed E-state index contributed by atoms with van der Waals surface area (Å²) in [5.41, 5.74) is 1.70. The van der Waals surface area contributed by atoms with E-state index in [0.717, 1.165) is 34.7 Å². The molecule has 0 bridgehead atoms. The van der Waals surface area contributed by atoms with Gasteiger partial charge in [-0.3, -0.25) is 19.6 Å². The first-order chi connectivity index (χ1) is 16.4.